The van der Waals surface area contributed by atoms with Gasteiger partial charge in [0.15, 0.2) is 5.78 Å². The van der Waals surface area contributed by atoms with Gasteiger partial charge in [0.2, 0.25) is 0 Å². The predicted octanol–water partition coefficient (Wildman–Crippen LogP) is 1.72. The highest BCUT2D eigenvalue weighted by Crippen LogP contribution is 2.15. The summed E-state index contributed by atoms with van der Waals surface area (Å²) in [5.74, 6) is 0.0642. The molecule has 0 saturated carbocycles. The number of ketones is 1. The lowest BCUT2D eigenvalue weighted by atomic mass is 10.1. The highest BCUT2D eigenvalue weighted by molar-refractivity contribution is 5.97. The number of hydrogen-bond acceptors (Lipinski definition) is 4. The summed E-state index contributed by atoms with van der Waals surface area (Å²) in [5, 5.41) is 0. The first-order valence-corrected chi connectivity index (χ1v) is 6.53. The molecule has 1 fully saturated rings. The summed E-state index contributed by atoms with van der Waals surface area (Å²) in [7, 11) is 2.06. The van der Waals surface area contributed by atoms with E-state index in [0.29, 0.717) is 12.1 Å². The Morgan fingerprint density at radius 3 is 2.35 bits per heavy atom. The molecule has 20 heavy (non-hydrogen) atoms. The molecule has 1 aliphatic heterocycles. The summed E-state index contributed by atoms with van der Waals surface area (Å²) >= 11 is 0. The van der Waals surface area contributed by atoms with E-state index in [2.05, 4.69) is 21.6 Å². The van der Waals surface area contributed by atoms with Gasteiger partial charge in [-0.25, -0.2) is 0 Å². The van der Waals surface area contributed by atoms with Crippen LogP contribution in [0.2, 0.25) is 0 Å². The first-order valence-electron chi connectivity index (χ1n) is 6.53. The van der Waals surface area contributed by atoms with E-state index in [9.17, 15) is 13.6 Å². The zero-order valence-electron chi connectivity index (χ0n) is 11.4. The zero-order chi connectivity index (χ0) is 14.5. The van der Waals surface area contributed by atoms with E-state index in [1.807, 2.05) is 0 Å². The maximum Gasteiger partial charge on any atom is 0.387 e. The second-order valence-corrected chi connectivity index (χ2v) is 4.91. The number of alkyl halides is 2. The number of benzene rings is 1. The number of nitrogens with zero attached hydrogens (tertiary/aromatic N) is 2. The van der Waals surface area contributed by atoms with E-state index < -0.39 is 6.61 Å². The topological polar surface area (TPSA) is 32.8 Å². The number of ether oxygens (including phenoxy) is 1. The molecular weight excluding hydrogens is 266 g/mol. The predicted molar refractivity (Wildman–Crippen MR) is 71.3 cm³/mol. The van der Waals surface area contributed by atoms with Crippen LogP contribution in [0, 0.1) is 0 Å². The molecule has 0 amide bonds. The number of piperazine rings is 1. The van der Waals surface area contributed by atoms with E-state index in [0.717, 1.165) is 26.2 Å². The number of likely N-dealkylation sites (N-methyl/N-ethyl adjacent to an activating group) is 1. The van der Waals surface area contributed by atoms with Crippen LogP contribution in [-0.4, -0.2) is 62.0 Å². The largest absolute Gasteiger partial charge is 0.435 e. The second-order valence-electron chi connectivity index (χ2n) is 4.91. The van der Waals surface area contributed by atoms with Gasteiger partial charge in [-0.05, 0) is 31.3 Å². The number of rotatable bonds is 5. The Hall–Kier alpha value is -1.53. The number of hydrogen-bond donors (Lipinski definition) is 0. The van der Waals surface area contributed by atoms with Crippen LogP contribution in [0.1, 0.15) is 10.4 Å². The standard InChI is InChI=1S/C14H18F2N2O2/c1-17-6-8-18(9-7-17)10-13(19)11-2-4-12(5-3-11)20-14(15)16/h2-5,14H,6-10H2,1H3. The molecule has 0 N–H and O–H groups in total. The zero-order valence-corrected chi connectivity index (χ0v) is 11.4. The van der Waals surface area contributed by atoms with E-state index >= 15 is 0 Å². The van der Waals surface area contributed by atoms with Crippen molar-refractivity contribution in [1.29, 1.82) is 0 Å². The Balaban J connectivity index is 1.89. The lowest BCUT2D eigenvalue weighted by molar-refractivity contribution is -0.0498. The Labute approximate surface area is 116 Å². The quantitative estimate of drug-likeness (QED) is 0.771. The molecule has 0 bridgehead atoms. The van der Waals surface area contributed by atoms with Crippen LogP contribution in [0.5, 0.6) is 5.75 Å². The van der Waals surface area contributed by atoms with Crippen LogP contribution in [0.25, 0.3) is 0 Å². The fourth-order valence-electron chi connectivity index (χ4n) is 2.12. The first-order chi connectivity index (χ1) is 9.54. The second kappa shape index (κ2) is 6.76. The monoisotopic (exact) mass is 284 g/mol. The van der Waals surface area contributed by atoms with Crippen molar-refractivity contribution in [3.63, 3.8) is 0 Å². The molecule has 1 aliphatic rings. The molecule has 1 saturated heterocycles. The summed E-state index contributed by atoms with van der Waals surface area (Å²) < 4.78 is 28.3. The minimum atomic E-state index is -2.85. The van der Waals surface area contributed by atoms with Gasteiger partial charge in [0.05, 0.1) is 6.54 Å². The van der Waals surface area contributed by atoms with E-state index in [4.69, 9.17) is 0 Å². The van der Waals surface area contributed by atoms with Crippen molar-refractivity contribution in [2.24, 2.45) is 0 Å². The third kappa shape index (κ3) is 4.25. The molecule has 0 radical (unpaired) electrons. The average molecular weight is 284 g/mol. The lowest BCUT2D eigenvalue weighted by Crippen LogP contribution is -2.46. The van der Waals surface area contributed by atoms with Crippen molar-refractivity contribution in [2.75, 3.05) is 39.8 Å². The van der Waals surface area contributed by atoms with Crippen molar-refractivity contribution < 1.29 is 18.3 Å². The third-order valence-corrected chi connectivity index (χ3v) is 3.36. The van der Waals surface area contributed by atoms with E-state index in [1.165, 1.54) is 24.3 Å². The average Bonchev–Trinajstić information content (AvgIpc) is 2.41. The molecule has 0 aliphatic carbocycles. The summed E-state index contributed by atoms with van der Waals surface area (Å²) in [5.41, 5.74) is 0.519. The third-order valence-electron chi connectivity index (χ3n) is 3.36. The summed E-state index contributed by atoms with van der Waals surface area (Å²) in [6, 6.07) is 5.83. The molecule has 1 aromatic carbocycles. The van der Waals surface area contributed by atoms with Crippen LogP contribution in [0.3, 0.4) is 0 Å². The highest BCUT2D eigenvalue weighted by atomic mass is 19.3. The number of Topliss-reactive ketones (excluding diaryl/α,β-unsaturated/α-hetero) is 1. The van der Waals surface area contributed by atoms with Crippen molar-refractivity contribution in [3.05, 3.63) is 29.8 Å². The van der Waals surface area contributed by atoms with Gasteiger partial charge in [0.1, 0.15) is 5.75 Å². The molecular formula is C14H18F2N2O2. The maximum atomic E-state index is 12.1. The number of halogens is 2. The van der Waals surface area contributed by atoms with Crippen molar-refractivity contribution in [2.45, 2.75) is 6.61 Å². The Kier molecular flexibility index (Phi) is 5.03. The smallest absolute Gasteiger partial charge is 0.387 e. The van der Waals surface area contributed by atoms with Gasteiger partial charge < -0.3 is 9.64 Å². The number of carbonyl (C=O) groups is 1. The molecule has 2 rings (SSSR count). The Morgan fingerprint density at radius 1 is 1.20 bits per heavy atom. The fraction of sp³-hybridized carbons (Fsp3) is 0.500. The van der Waals surface area contributed by atoms with Gasteiger partial charge in [0, 0.05) is 31.7 Å². The normalized spacial score (nSPS) is 17.4. The molecule has 0 aromatic heterocycles. The van der Waals surface area contributed by atoms with Crippen molar-refractivity contribution in [1.82, 2.24) is 9.80 Å². The number of carbonyl (C=O) groups excluding carboxylic acids is 1. The van der Waals surface area contributed by atoms with Gasteiger partial charge in [-0.2, -0.15) is 8.78 Å². The van der Waals surface area contributed by atoms with Gasteiger partial charge in [-0.1, -0.05) is 0 Å². The van der Waals surface area contributed by atoms with Crippen molar-refractivity contribution >= 4 is 5.78 Å². The van der Waals surface area contributed by atoms with E-state index in [1.54, 1.807) is 0 Å². The van der Waals surface area contributed by atoms with Crippen LogP contribution in [0.15, 0.2) is 24.3 Å². The lowest BCUT2D eigenvalue weighted by Gasteiger charge is -2.31. The molecule has 0 spiro atoms. The SMILES string of the molecule is CN1CCN(CC(=O)c2ccc(OC(F)F)cc2)CC1. The van der Waals surface area contributed by atoms with Crippen LogP contribution < -0.4 is 4.74 Å². The Morgan fingerprint density at radius 2 is 1.80 bits per heavy atom. The summed E-state index contributed by atoms with van der Waals surface area (Å²) in [4.78, 5) is 16.4. The minimum absolute atomic E-state index is 0.00171. The summed E-state index contributed by atoms with van der Waals surface area (Å²) in [6.07, 6.45) is 0. The van der Waals surface area contributed by atoms with Gasteiger partial charge in [-0.3, -0.25) is 9.69 Å². The molecule has 1 heterocycles. The molecule has 4 nitrogen and oxygen atoms in total. The van der Waals surface area contributed by atoms with Crippen LogP contribution in [0.4, 0.5) is 8.78 Å². The highest BCUT2D eigenvalue weighted by Gasteiger charge is 2.17. The summed E-state index contributed by atoms with van der Waals surface area (Å²) in [6.45, 7) is 1.16. The molecule has 1 aromatic rings. The van der Waals surface area contributed by atoms with Gasteiger partial charge in [-0.15, -0.1) is 0 Å². The first kappa shape index (κ1) is 14.9. The molecule has 6 heteroatoms. The fourth-order valence-corrected chi connectivity index (χ4v) is 2.12. The molecule has 0 atom stereocenters. The maximum absolute atomic E-state index is 12.1. The minimum Gasteiger partial charge on any atom is -0.435 e. The van der Waals surface area contributed by atoms with Crippen LogP contribution in [-0.2, 0) is 0 Å². The van der Waals surface area contributed by atoms with Gasteiger partial charge >= 0.3 is 6.61 Å². The molecule has 110 valence electrons. The molecule has 0 unspecified atom stereocenters. The van der Waals surface area contributed by atoms with Gasteiger partial charge in [0.25, 0.3) is 0 Å². The van der Waals surface area contributed by atoms with E-state index in [-0.39, 0.29) is 11.5 Å². The Bertz CT molecular complexity index is 443. The van der Waals surface area contributed by atoms with Crippen LogP contribution >= 0.6 is 0 Å². The van der Waals surface area contributed by atoms with Crippen molar-refractivity contribution in [3.8, 4) is 5.75 Å².